The first-order valence-corrected chi connectivity index (χ1v) is 5.39. The van der Waals surface area contributed by atoms with Gasteiger partial charge in [-0.25, -0.2) is 0 Å². The zero-order valence-electron chi connectivity index (χ0n) is 7.92. The zero-order chi connectivity index (χ0) is 8.67. The summed E-state index contributed by atoms with van der Waals surface area (Å²) >= 11 is 0. The SMILES string of the molecule is c1ccc2c(c1)CC1CCCC[C]21. The molecule has 0 aromatic heterocycles. The lowest BCUT2D eigenvalue weighted by Crippen LogP contribution is -2.13. The van der Waals surface area contributed by atoms with Crippen molar-refractivity contribution in [1.82, 2.24) is 0 Å². The molecule has 1 unspecified atom stereocenters. The molecule has 0 bridgehead atoms. The maximum atomic E-state index is 2.32. The predicted octanol–water partition coefficient (Wildman–Crippen LogP) is 3.36. The second kappa shape index (κ2) is 2.87. The molecule has 1 atom stereocenters. The lowest BCUT2D eigenvalue weighted by molar-refractivity contribution is 0.427. The number of benzene rings is 1. The van der Waals surface area contributed by atoms with Gasteiger partial charge in [-0.3, -0.25) is 0 Å². The highest BCUT2D eigenvalue weighted by molar-refractivity contribution is 5.45. The van der Waals surface area contributed by atoms with Gasteiger partial charge in [0.25, 0.3) is 0 Å². The quantitative estimate of drug-likeness (QED) is 0.561. The molecule has 2 aliphatic rings. The number of hydrogen-bond acceptors (Lipinski definition) is 0. The molecule has 0 heterocycles. The average Bonchev–Trinajstić information content (AvgIpc) is 2.56. The first-order chi connectivity index (χ1) is 6.45. The van der Waals surface area contributed by atoms with E-state index in [1.165, 1.54) is 32.1 Å². The van der Waals surface area contributed by atoms with E-state index in [-0.39, 0.29) is 0 Å². The summed E-state index contributed by atoms with van der Waals surface area (Å²) in [6.45, 7) is 0. The van der Waals surface area contributed by atoms with Gasteiger partial charge in [-0.15, -0.1) is 0 Å². The monoisotopic (exact) mass is 171 g/mol. The van der Waals surface area contributed by atoms with E-state index in [0.29, 0.717) is 0 Å². The van der Waals surface area contributed by atoms with Crippen LogP contribution in [0.2, 0.25) is 0 Å². The van der Waals surface area contributed by atoms with Crippen molar-refractivity contribution in [1.29, 1.82) is 0 Å². The standard InChI is InChI=1S/C13H15/c1-3-7-12-10(5-1)9-11-6-2-4-8-13(11)12/h1,3,5,7,11H,2,4,6,8-9H2. The third-order valence-corrected chi connectivity index (χ3v) is 3.57. The molecule has 1 saturated carbocycles. The fraction of sp³-hybridized carbons (Fsp3) is 0.462. The molecule has 1 radical (unpaired) electrons. The molecule has 0 heteroatoms. The largest absolute Gasteiger partial charge is 0.0620 e. The summed E-state index contributed by atoms with van der Waals surface area (Å²) in [6, 6.07) is 8.98. The van der Waals surface area contributed by atoms with Crippen LogP contribution in [0, 0.1) is 11.8 Å². The first kappa shape index (κ1) is 7.61. The molecule has 0 nitrogen and oxygen atoms in total. The lowest BCUT2D eigenvalue weighted by Gasteiger charge is -2.24. The molecule has 0 N–H and O–H groups in total. The Hall–Kier alpha value is -0.780. The van der Waals surface area contributed by atoms with Gasteiger partial charge in [-0.2, -0.15) is 0 Å². The van der Waals surface area contributed by atoms with Crippen molar-refractivity contribution in [2.45, 2.75) is 32.1 Å². The molecule has 1 aromatic carbocycles. The Bertz CT molecular complexity index is 314. The van der Waals surface area contributed by atoms with Crippen LogP contribution in [-0.4, -0.2) is 0 Å². The molecule has 0 amide bonds. The van der Waals surface area contributed by atoms with Gasteiger partial charge in [0.2, 0.25) is 0 Å². The molecular formula is C13H15. The van der Waals surface area contributed by atoms with E-state index in [1.54, 1.807) is 17.0 Å². The van der Waals surface area contributed by atoms with Crippen molar-refractivity contribution >= 4 is 0 Å². The van der Waals surface area contributed by atoms with E-state index in [1.807, 2.05) is 0 Å². The predicted molar refractivity (Wildman–Crippen MR) is 54.4 cm³/mol. The molecule has 1 aromatic rings. The molecule has 67 valence electrons. The molecule has 0 aliphatic heterocycles. The smallest absolute Gasteiger partial charge is 0.00867 e. The Labute approximate surface area is 80.0 Å². The summed E-state index contributed by atoms with van der Waals surface area (Å²) in [5.41, 5.74) is 3.19. The van der Waals surface area contributed by atoms with E-state index >= 15 is 0 Å². The highest BCUT2D eigenvalue weighted by Crippen LogP contribution is 2.45. The van der Waals surface area contributed by atoms with Gasteiger partial charge in [0, 0.05) is 5.92 Å². The van der Waals surface area contributed by atoms with Crippen LogP contribution in [0.3, 0.4) is 0 Å². The van der Waals surface area contributed by atoms with Crippen LogP contribution in [0.25, 0.3) is 0 Å². The fourth-order valence-electron chi connectivity index (χ4n) is 2.94. The van der Waals surface area contributed by atoms with Crippen molar-refractivity contribution in [3.8, 4) is 0 Å². The Balaban J connectivity index is 2.01. The van der Waals surface area contributed by atoms with Crippen molar-refractivity contribution in [3.63, 3.8) is 0 Å². The molecular weight excluding hydrogens is 156 g/mol. The minimum Gasteiger partial charge on any atom is -0.0620 e. The van der Waals surface area contributed by atoms with Crippen LogP contribution < -0.4 is 0 Å². The molecule has 1 fully saturated rings. The van der Waals surface area contributed by atoms with Gasteiger partial charge in [0.1, 0.15) is 0 Å². The van der Waals surface area contributed by atoms with Gasteiger partial charge in [0.15, 0.2) is 0 Å². The van der Waals surface area contributed by atoms with Crippen LogP contribution in [0.1, 0.15) is 36.8 Å². The number of hydrogen-bond donors (Lipinski definition) is 0. The Morgan fingerprint density at radius 1 is 1.08 bits per heavy atom. The summed E-state index contributed by atoms with van der Waals surface area (Å²) in [4.78, 5) is 0. The van der Waals surface area contributed by atoms with Crippen LogP contribution in [0.5, 0.6) is 0 Å². The molecule has 3 rings (SSSR count). The number of fused-ring (bicyclic) bond motifs is 3. The highest BCUT2D eigenvalue weighted by atomic mass is 14.4. The van der Waals surface area contributed by atoms with Gasteiger partial charge < -0.3 is 0 Å². The lowest BCUT2D eigenvalue weighted by atomic mass is 9.80. The first-order valence-electron chi connectivity index (χ1n) is 5.39. The maximum absolute atomic E-state index is 2.32. The van der Waals surface area contributed by atoms with Crippen molar-refractivity contribution in [2.24, 2.45) is 5.92 Å². The second-order valence-corrected chi connectivity index (χ2v) is 4.33. The fourth-order valence-corrected chi connectivity index (χ4v) is 2.94. The molecule has 0 saturated heterocycles. The summed E-state index contributed by atoms with van der Waals surface area (Å²) in [6.07, 6.45) is 6.99. The second-order valence-electron chi connectivity index (χ2n) is 4.33. The van der Waals surface area contributed by atoms with Crippen molar-refractivity contribution in [2.75, 3.05) is 0 Å². The minimum absolute atomic E-state index is 0.908. The van der Waals surface area contributed by atoms with Crippen molar-refractivity contribution < 1.29 is 0 Å². The van der Waals surface area contributed by atoms with E-state index in [0.717, 1.165) is 5.92 Å². The molecule has 2 aliphatic carbocycles. The topological polar surface area (TPSA) is 0 Å². The average molecular weight is 171 g/mol. The van der Waals surface area contributed by atoms with Gasteiger partial charge in [0.05, 0.1) is 0 Å². The van der Waals surface area contributed by atoms with Crippen LogP contribution in [0.4, 0.5) is 0 Å². The summed E-state index contributed by atoms with van der Waals surface area (Å²) < 4.78 is 0. The Morgan fingerprint density at radius 3 is 3.00 bits per heavy atom. The van der Waals surface area contributed by atoms with E-state index in [2.05, 4.69) is 24.3 Å². The minimum atomic E-state index is 0.908. The zero-order valence-corrected chi connectivity index (χ0v) is 7.92. The van der Waals surface area contributed by atoms with Gasteiger partial charge >= 0.3 is 0 Å². The van der Waals surface area contributed by atoms with E-state index < -0.39 is 0 Å². The summed E-state index contributed by atoms with van der Waals surface area (Å²) in [7, 11) is 0. The molecule has 0 spiro atoms. The third kappa shape index (κ3) is 1.12. The van der Waals surface area contributed by atoms with Gasteiger partial charge in [-0.05, 0) is 36.3 Å². The highest BCUT2D eigenvalue weighted by Gasteiger charge is 2.33. The Morgan fingerprint density at radius 2 is 2.00 bits per heavy atom. The maximum Gasteiger partial charge on any atom is 0.00867 e. The molecule has 13 heavy (non-hydrogen) atoms. The van der Waals surface area contributed by atoms with E-state index in [9.17, 15) is 0 Å². The third-order valence-electron chi connectivity index (χ3n) is 3.57. The van der Waals surface area contributed by atoms with Crippen LogP contribution >= 0.6 is 0 Å². The Kier molecular flexibility index (Phi) is 1.68. The van der Waals surface area contributed by atoms with E-state index in [4.69, 9.17) is 0 Å². The normalized spacial score (nSPS) is 26.9. The van der Waals surface area contributed by atoms with Crippen molar-refractivity contribution in [3.05, 3.63) is 41.3 Å². The number of rotatable bonds is 0. The van der Waals surface area contributed by atoms with Gasteiger partial charge in [-0.1, -0.05) is 37.1 Å². The van der Waals surface area contributed by atoms with Crippen LogP contribution in [-0.2, 0) is 6.42 Å². The van der Waals surface area contributed by atoms with Crippen LogP contribution in [0.15, 0.2) is 24.3 Å². The summed E-state index contributed by atoms with van der Waals surface area (Å²) in [5.74, 6) is 2.67. The summed E-state index contributed by atoms with van der Waals surface area (Å²) in [5, 5.41) is 0.